The molecule has 2 rings (SSSR count). The minimum atomic E-state index is -4.35. The van der Waals surface area contributed by atoms with Crippen molar-refractivity contribution >= 4 is 17.7 Å². The fourth-order valence-corrected chi connectivity index (χ4v) is 2.36. The van der Waals surface area contributed by atoms with Crippen molar-refractivity contribution in [3.63, 3.8) is 0 Å². The maximum atomic E-state index is 12.5. The third kappa shape index (κ3) is 4.25. The highest BCUT2D eigenvalue weighted by Gasteiger charge is 2.29. The molecule has 0 amide bonds. The number of halogens is 3. The SMILES string of the molecule is O=C(O)CSc1nccn1Cc1ccc(C(F)(F)F)cc1. The fourth-order valence-electron chi connectivity index (χ4n) is 1.68. The Balaban J connectivity index is 2.08. The fraction of sp³-hybridized carbons (Fsp3) is 0.231. The molecule has 0 bridgehead atoms. The normalized spacial score (nSPS) is 11.6. The lowest BCUT2D eigenvalue weighted by atomic mass is 10.1. The van der Waals surface area contributed by atoms with Crippen molar-refractivity contribution in [2.24, 2.45) is 0 Å². The number of carboxylic acid groups (broad SMARTS) is 1. The molecule has 0 atom stereocenters. The first-order chi connectivity index (χ1) is 9.86. The predicted octanol–water partition coefficient (Wildman–Crippen LogP) is 3.13. The van der Waals surface area contributed by atoms with Crippen molar-refractivity contribution < 1.29 is 23.1 Å². The summed E-state index contributed by atoms with van der Waals surface area (Å²) in [5.74, 6) is -1.08. The standard InChI is InChI=1S/C13H11F3N2O2S/c14-13(15,16)10-3-1-9(2-4-10)7-18-6-5-17-12(18)21-8-11(19)20/h1-6H,7-8H2,(H,19,20). The molecule has 1 N–H and O–H groups in total. The van der Waals surface area contributed by atoms with E-state index in [1.54, 1.807) is 10.8 Å². The van der Waals surface area contributed by atoms with E-state index in [0.717, 1.165) is 23.9 Å². The number of nitrogens with zero attached hydrogens (tertiary/aromatic N) is 2. The van der Waals surface area contributed by atoms with Crippen LogP contribution in [0.2, 0.25) is 0 Å². The lowest BCUT2D eigenvalue weighted by molar-refractivity contribution is -0.137. The molecule has 0 saturated carbocycles. The Bertz CT molecular complexity index is 623. The van der Waals surface area contributed by atoms with E-state index in [1.807, 2.05) is 0 Å². The summed E-state index contributed by atoms with van der Waals surface area (Å²) in [5, 5.41) is 9.15. The maximum Gasteiger partial charge on any atom is 0.416 e. The first-order valence-corrected chi connectivity index (χ1v) is 6.86. The second-order valence-corrected chi connectivity index (χ2v) is 5.16. The number of imidazole rings is 1. The highest BCUT2D eigenvalue weighted by Crippen LogP contribution is 2.29. The van der Waals surface area contributed by atoms with Gasteiger partial charge in [0.1, 0.15) is 0 Å². The molecule has 1 aromatic carbocycles. The van der Waals surface area contributed by atoms with Gasteiger partial charge in [-0.15, -0.1) is 0 Å². The van der Waals surface area contributed by atoms with Crippen LogP contribution in [0.5, 0.6) is 0 Å². The minimum Gasteiger partial charge on any atom is -0.481 e. The van der Waals surface area contributed by atoms with Crippen molar-refractivity contribution in [1.82, 2.24) is 9.55 Å². The maximum absolute atomic E-state index is 12.5. The lowest BCUT2D eigenvalue weighted by Gasteiger charge is -2.09. The molecule has 8 heteroatoms. The third-order valence-electron chi connectivity index (χ3n) is 2.64. The van der Waals surface area contributed by atoms with E-state index in [0.29, 0.717) is 17.3 Å². The Morgan fingerprint density at radius 2 is 1.95 bits per heavy atom. The number of hydrogen-bond donors (Lipinski definition) is 1. The van der Waals surface area contributed by atoms with Gasteiger partial charge in [-0.3, -0.25) is 4.79 Å². The summed E-state index contributed by atoms with van der Waals surface area (Å²) >= 11 is 1.06. The van der Waals surface area contributed by atoms with Crippen LogP contribution in [-0.4, -0.2) is 26.4 Å². The number of rotatable bonds is 5. The van der Waals surface area contributed by atoms with Crippen molar-refractivity contribution in [1.29, 1.82) is 0 Å². The zero-order valence-corrected chi connectivity index (χ0v) is 11.5. The monoisotopic (exact) mass is 316 g/mol. The topological polar surface area (TPSA) is 55.1 Å². The number of carbonyl (C=O) groups is 1. The summed E-state index contributed by atoms with van der Waals surface area (Å²) in [4.78, 5) is 14.6. The zero-order valence-electron chi connectivity index (χ0n) is 10.7. The van der Waals surface area contributed by atoms with Crippen LogP contribution in [0.15, 0.2) is 41.8 Å². The number of thioether (sulfide) groups is 1. The van der Waals surface area contributed by atoms with E-state index >= 15 is 0 Å². The molecule has 0 radical (unpaired) electrons. The summed E-state index contributed by atoms with van der Waals surface area (Å²) in [7, 11) is 0. The molecular weight excluding hydrogens is 305 g/mol. The summed E-state index contributed by atoms with van der Waals surface area (Å²) < 4.78 is 39.1. The summed E-state index contributed by atoms with van der Waals surface area (Å²) in [6.45, 7) is 0.333. The number of aliphatic carboxylic acids is 1. The van der Waals surface area contributed by atoms with Crippen molar-refractivity contribution in [3.05, 3.63) is 47.8 Å². The Kier molecular flexibility index (Phi) is 4.56. The van der Waals surface area contributed by atoms with Crippen molar-refractivity contribution in [2.75, 3.05) is 5.75 Å². The molecule has 0 spiro atoms. The van der Waals surface area contributed by atoms with Gasteiger partial charge in [-0.05, 0) is 17.7 Å². The molecule has 0 aliphatic rings. The van der Waals surface area contributed by atoms with E-state index < -0.39 is 17.7 Å². The molecule has 1 heterocycles. The number of aromatic nitrogens is 2. The van der Waals surface area contributed by atoms with Gasteiger partial charge in [0.25, 0.3) is 0 Å². The van der Waals surface area contributed by atoms with E-state index in [1.165, 1.54) is 18.3 Å². The Hall–Kier alpha value is -1.96. The average Bonchev–Trinajstić information content (AvgIpc) is 2.83. The van der Waals surface area contributed by atoms with Crippen LogP contribution in [0, 0.1) is 0 Å². The number of carboxylic acids is 1. The van der Waals surface area contributed by atoms with Gasteiger partial charge in [0.2, 0.25) is 0 Å². The second-order valence-electron chi connectivity index (χ2n) is 4.21. The summed E-state index contributed by atoms with van der Waals surface area (Å²) in [5.41, 5.74) is -0.0180. The molecule has 21 heavy (non-hydrogen) atoms. The van der Waals surface area contributed by atoms with Crippen LogP contribution in [0.4, 0.5) is 13.2 Å². The molecule has 0 saturated heterocycles. The van der Waals surface area contributed by atoms with Gasteiger partial charge in [-0.1, -0.05) is 23.9 Å². The predicted molar refractivity (Wildman–Crippen MR) is 71.1 cm³/mol. The Morgan fingerprint density at radius 1 is 1.29 bits per heavy atom. The highest BCUT2D eigenvalue weighted by molar-refractivity contribution is 7.99. The average molecular weight is 316 g/mol. The summed E-state index contributed by atoms with van der Waals surface area (Å²) in [6, 6.07) is 4.84. The van der Waals surface area contributed by atoms with Crippen LogP contribution in [-0.2, 0) is 17.5 Å². The van der Waals surface area contributed by atoms with Crippen LogP contribution in [0.25, 0.3) is 0 Å². The first kappa shape index (κ1) is 15.4. The smallest absolute Gasteiger partial charge is 0.416 e. The third-order valence-corrected chi connectivity index (χ3v) is 3.63. The first-order valence-electron chi connectivity index (χ1n) is 5.88. The van der Waals surface area contributed by atoms with Crippen LogP contribution in [0.1, 0.15) is 11.1 Å². The molecule has 0 fully saturated rings. The zero-order chi connectivity index (χ0) is 15.5. The molecule has 4 nitrogen and oxygen atoms in total. The Morgan fingerprint density at radius 3 is 2.52 bits per heavy atom. The van der Waals surface area contributed by atoms with E-state index in [2.05, 4.69) is 4.98 Å². The number of benzene rings is 1. The van der Waals surface area contributed by atoms with Gasteiger partial charge in [-0.25, -0.2) is 4.98 Å². The molecule has 1 aromatic heterocycles. The van der Waals surface area contributed by atoms with Crippen LogP contribution >= 0.6 is 11.8 Å². The van der Waals surface area contributed by atoms with Crippen molar-refractivity contribution in [3.8, 4) is 0 Å². The van der Waals surface area contributed by atoms with E-state index in [9.17, 15) is 18.0 Å². The minimum absolute atomic E-state index is 0.121. The largest absolute Gasteiger partial charge is 0.481 e. The molecule has 0 aliphatic heterocycles. The lowest BCUT2D eigenvalue weighted by Crippen LogP contribution is -2.06. The molecule has 0 unspecified atom stereocenters. The molecule has 2 aromatic rings. The number of hydrogen-bond acceptors (Lipinski definition) is 3. The molecule has 0 aliphatic carbocycles. The van der Waals surface area contributed by atoms with Gasteiger partial charge >= 0.3 is 12.1 Å². The highest BCUT2D eigenvalue weighted by atomic mass is 32.2. The number of alkyl halides is 3. The van der Waals surface area contributed by atoms with Crippen LogP contribution in [0.3, 0.4) is 0 Å². The van der Waals surface area contributed by atoms with Crippen molar-refractivity contribution in [2.45, 2.75) is 17.9 Å². The molecule has 112 valence electrons. The second kappa shape index (κ2) is 6.21. The van der Waals surface area contributed by atoms with Gasteiger partial charge in [-0.2, -0.15) is 13.2 Å². The summed E-state index contributed by atoms with van der Waals surface area (Å²) in [6.07, 6.45) is -1.17. The van der Waals surface area contributed by atoms with E-state index in [-0.39, 0.29) is 5.75 Å². The Labute approximate surface area is 122 Å². The van der Waals surface area contributed by atoms with Gasteiger partial charge < -0.3 is 9.67 Å². The van der Waals surface area contributed by atoms with Crippen LogP contribution < -0.4 is 0 Å². The van der Waals surface area contributed by atoms with Gasteiger partial charge in [0.15, 0.2) is 5.16 Å². The van der Waals surface area contributed by atoms with Gasteiger partial charge in [0.05, 0.1) is 11.3 Å². The quantitative estimate of drug-likeness (QED) is 0.861. The van der Waals surface area contributed by atoms with Gasteiger partial charge in [0, 0.05) is 18.9 Å². The molecular formula is C13H11F3N2O2S. The van der Waals surface area contributed by atoms with E-state index in [4.69, 9.17) is 5.11 Å².